The summed E-state index contributed by atoms with van der Waals surface area (Å²) < 4.78 is 18.4. The monoisotopic (exact) mass is 623 g/mol. The van der Waals surface area contributed by atoms with Crippen LogP contribution in [-0.2, 0) is 26.4 Å². The molecule has 0 radical (unpaired) electrons. The largest absolute Gasteiger partial charge is 0.493 e. The van der Waals surface area contributed by atoms with E-state index in [1.165, 1.54) is 16.7 Å². The lowest BCUT2D eigenvalue weighted by Gasteiger charge is -2.30. The van der Waals surface area contributed by atoms with E-state index in [-0.39, 0.29) is 28.5 Å². The predicted octanol–water partition coefficient (Wildman–Crippen LogP) is 11.5. The van der Waals surface area contributed by atoms with Crippen LogP contribution < -0.4 is 9.47 Å². The lowest BCUT2D eigenvalue weighted by Crippen LogP contribution is -2.19. The maximum absolute atomic E-state index is 6.64. The molecule has 0 N–H and O–H groups in total. The summed E-state index contributed by atoms with van der Waals surface area (Å²) in [5, 5.41) is 1.09. The number of fused-ring (bicyclic) bond motifs is 1. The molecule has 0 aliphatic heterocycles. The minimum Gasteiger partial charge on any atom is -0.493 e. The van der Waals surface area contributed by atoms with Gasteiger partial charge in [-0.3, -0.25) is 0 Å². The van der Waals surface area contributed by atoms with E-state index < -0.39 is 0 Å². The molecule has 0 unspecified atom stereocenters. The van der Waals surface area contributed by atoms with Crippen LogP contribution in [0.3, 0.4) is 0 Å². The second kappa shape index (κ2) is 13.0. The van der Waals surface area contributed by atoms with Crippen LogP contribution in [0, 0.1) is 0 Å². The van der Waals surface area contributed by atoms with E-state index in [9.17, 15) is 0 Å². The van der Waals surface area contributed by atoms with Crippen LogP contribution in [0.5, 0.6) is 11.5 Å². The van der Waals surface area contributed by atoms with Gasteiger partial charge in [0.25, 0.3) is 0 Å². The van der Waals surface area contributed by atoms with Crippen LogP contribution in [0.1, 0.15) is 119 Å². The molecule has 4 nitrogen and oxygen atoms in total. The third-order valence-electron chi connectivity index (χ3n) is 8.58. The van der Waals surface area contributed by atoms with E-state index in [4.69, 9.17) is 19.2 Å². The Morgan fingerprint density at radius 3 is 1.63 bits per heavy atom. The standard InChI is InChI=1S/C42H57NO3/c1-15-21-45-37-31(22-28(39(2,3)4)24-33(37)41(8,9)10)30-18-16-17-27-19-20-35(43-36(27)30)32-23-29(40(5,6)7)25-34(42(11,12)13)38(32)46-26-44-14/h16-20,22-25H,15,21,26H2,1-14H3. The number of hydrogen-bond donors (Lipinski definition) is 0. The van der Waals surface area contributed by atoms with Gasteiger partial charge in [-0.15, -0.1) is 0 Å². The second-order valence-corrected chi connectivity index (χ2v) is 16.8. The maximum Gasteiger partial charge on any atom is 0.188 e. The van der Waals surface area contributed by atoms with Gasteiger partial charge in [0.05, 0.1) is 17.8 Å². The molecule has 0 atom stereocenters. The van der Waals surface area contributed by atoms with Crippen molar-refractivity contribution in [2.45, 2.75) is 118 Å². The fraction of sp³-hybridized carbons (Fsp3) is 0.500. The van der Waals surface area contributed by atoms with E-state index >= 15 is 0 Å². The zero-order valence-electron chi connectivity index (χ0n) is 31.0. The molecule has 0 aliphatic carbocycles. The molecule has 0 spiro atoms. The Balaban J connectivity index is 2.12. The Labute approximate surface area is 278 Å². The Kier molecular flexibility index (Phi) is 10.0. The van der Waals surface area contributed by atoms with E-state index in [0.29, 0.717) is 6.61 Å². The molecule has 0 bridgehead atoms. The summed E-state index contributed by atoms with van der Waals surface area (Å²) in [6, 6.07) is 20.0. The van der Waals surface area contributed by atoms with Crippen molar-refractivity contribution in [2.75, 3.05) is 20.5 Å². The van der Waals surface area contributed by atoms with Crippen molar-refractivity contribution < 1.29 is 14.2 Å². The number of benzene rings is 3. The molecule has 248 valence electrons. The summed E-state index contributed by atoms with van der Waals surface area (Å²) in [6.45, 7) is 30.1. The highest BCUT2D eigenvalue weighted by Gasteiger charge is 2.29. The van der Waals surface area contributed by atoms with E-state index in [1.54, 1.807) is 7.11 Å². The number of nitrogens with zero attached hydrogens (tertiary/aromatic N) is 1. The van der Waals surface area contributed by atoms with Gasteiger partial charge < -0.3 is 14.2 Å². The average Bonchev–Trinajstić information content (AvgIpc) is 2.95. The van der Waals surface area contributed by atoms with Gasteiger partial charge in [-0.25, -0.2) is 4.98 Å². The Morgan fingerprint density at radius 2 is 1.13 bits per heavy atom. The Bertz CT molecular complexity index is 1690. The lowest BCUT2D eigenvalue weighted by atomic mass is 9.78. The molecule has 1 aromatic heterocycles. The first kappa shape index (κ1) is 35.5. The van der Waals surface area contributed by atoms with Crippen LogP contribution in [0.4, 0.5) is 0 Å². The minimum atomic E-state index is -0.149. The van der Waals surface area contributed by atoms with Gasteiger partial charge in [0, 0.05) is 40.3 Å². The van der Waals surface area contributed by atoms with Crippen molar-refractivity contribution in [3.63, 3.8) is 0 Å². The maximum atomic E-state index is 6.64. The average molecular weight is 624 g/mol. The molecule has 0 saturated heterocycles. The molecule has 0 amide bonds. The molecule has 0 saturated carbocycles. The Morgan fingerprint density at radius 1 is 0.587 bits per heavy atom. The number of rotatable bonds is 8. The van der Waals surface area contributed by atoms with Crippen LogP contribution in [0.2, 0.25) is 0 Å². The normalized spacial score (nSPS) is 12.9. The zero-order valence-corrected chi connectivity index (χ0v) is 31.0. The molecule has 46 heavy (non-hydrogen) atoms. The molecule has 0 fully saturated rings. The first-order valence-electron chi connectivity index (χ1n) is 16.8. The molecule has 4 aromatic rings. The molecule has 4 heteroatoms. The van der Waals surface area contributed by atoms with E-state index in [1.807, 2.05) is 0 Å². The lowest BCUT2D eigenvalue weighted by molar-refractivity contribution is 0.0502. The molecular weight excluding hydrogens is 566 g/mol. The van der Waals surface area contributed by atoms with Crippen molar-refractivity contribution in [2.24, 2.45) is 0 Å². The number of pyridine rings is 1. The van der Waals surface area contributed by atoms with Gasteiger partial charge in [-0.2, -0.15) is 0 Å². The van der Waals surface area contributed by atoms with Gasteiger partial charge in [-0.1, -0.05) is 126 Å². The highest BCUT2D eigenvalue weighted by molar-refractivity contribution is 5.97. The smallest absolute Gasteiger partial charge is 0.188 e. The van der Waals surface area contributed by atoms with Crippen LogP contribution >= 0.6 is 0 Å². The van der Waals surface area contributed by atoms with Crippen molar-refractivity contribution in [1.82, 2.24) is 4.98 Å². The second-order valence-electron chi connectivity index (χ2n) is 16.8. The number of ether oxygens (including phenoxy) is 3. The number of hydrogen-bond acceptors (Lipinski definition) is 4. The van der Waals surface area contributed by atoms with Crippen molar-refractivity contribution in [3.05, 3.63) is 76.9 Å². The summed E-state index contributed by atoms with van der Waals surface area (Å²) in [5.41, 5.74) is 9.52. The number of methoxy groups -OCH3 is 1. The topological polar surface area (TPSA) is 40.6 Å². The summed E-state index contributed by atoms with van der Waals surface area (Å²) in [4.78, 5) is 5.47. The van der Waals surface area contributed by atoms with E-state index in [2.05, 4.69) is 145 Å². The molecule has 1 heterocycles. The summed E-state index contributed by atoms with van der Waals surface area (Å²) in [6.07, 6.45) is 0.937. The Hall–Kier alpha value is -3.37. The van der Waals surface area contributed by atoms with Crippen LogP contribution in [-0.4, -0.2) is 25.5 Å². The fourth-order valence-electron chi connectivity index (χ4n) is 5.78. The molecule has 4 rings (SSSR count). The van der Waals surface area contributed by atoms with Crippen molar-refractivity contribution >= 4 is 10.9 Å². The minimum absolute atomic E-state index is 0.0362. The van der Waals surface area contributed by atoms with Gasteiger partial charge in [0.1, 0.15) is 11.5 Å². The predicted molar refractivity (Wildman–Crippen MR) is 196 cm³/mol. The van der Waals surface area contributed by atoms with Gasteiger partial charge >= 0.3 is 0 Å². The summed E-state index contributed by atoms with van der Waals surface area (Å²) in [7, 11) is 1.66. The summed E-state index contributed by atoms with van der Waals surface area (Å²) >= 11 is 0. The number of aromatic nitrogens is 1. The quantitative estimate of drug-likeness (QED) is 0.183. The highest BCUT2D eigenvalue weighted by Crippen LogP contribution is 2.46. The number of para-hydroxylation sites is 1. The van der Waals surface area contributed by atoms with Gasteiger partial charge in [0.15, 0.2) is 6.79 Å². The van der Waals surface area contributed by atoms with Crippen LogP contribution in [0.25, 0.3) is 33.3 Å². The first-order valence-corrected chi connectivity index (χ1v) is 16.8. The third kappa shape index (κ3) is 7.60. The summed E-state index contributed by atoms with van der Waals surface area (Å²) in [5.74, 6) is 1.78. The third-order valence-corrected chi connectivity index (χ3v) is 8.58. The fourth-order valence-corrected chi connectivity index (χ4v) is 5.78. The zero-order chi connectivity index (χ0) is 34.2. The first-order chi connectivity index (χ1) is 21.3. The van der Waals surface area contributed by atoms with Gasteiger partial charge in [0.2, 0.25) is 0 Å². The van der Waals surface area contributed by atoms with Crippen molar-refractivity contribution in [1.29, 1.82) is 0 Å². The van der Waals surface area contributed by atoms with Crippen molar-refractivity contribution in [3.8, 4) is 33.9 Å². The molecule has 0 aliphatic rings. The highest BCUT2D eigenvalue weighted by atomic mass is 16.7. The molecule has 3 aromatic carbocycles. The van der Waals surface area contributed by atoms with Gasteiger partial charge in [-0.05, 0) is 57.4 Å². The SMILES string of the molecule is CCCOc1c(-c2cccc3ccc(-c4cc(C(C)(C)C)cc(C(C)(C)C)c4OCOC)nc23)cc(C(C)(C)C)cc1C(C)(C)C. The van der Waals surface area contributed by atoms with Crippen LogP contribution in [0.15, 0.2) is 54.6 Å². The molecular formula is C42H57NO3. The van der Waals surface area contributed by atoms with E-state index in [0.717, 1.165) is 56.8 Å².